The van der Waals surface area contributed by atoms with Crippen LogP contribution in [0.15, 0.2) is 90.6 Å². The molecule has 8 heterocycles. The van der Waals surface area contributed by atoms with Gasteiger partial charge in [0.25, 0.3) is 0 Å². The summed E-state index contributed by atoms with van der Waals surface area (Å²) in [4.78, 5) is 37.4. The van der Waals surface area contributed by atoms with Crippen molar-refractivity contribution in [2.24, 2.45) is 5.10 Å². The zero-order valence-corrected chi connectivity index (χ0v) is 45.3. The topological polar surface area (TPSA) is 225 Å². The third kappa shape index (κ3) is 11.4. The number of hydrogen-bond donors (Lipinski definition) is 0. The number of amides is 2. The van der Waals surface area contributed by atoms with Crippen LogP contribution in [0, 0.1) is 0 Å². The van der Waals surface area contributed by atoms with Gasteiger partial charge in [-0.25, -0.2) is 48.3 Å². The number of nitrogens with zero attached hydrogens (tertiary/aromatic N) is 18. The first-order valence-corrected chi connectivity index (χ1v) is 26.6. The molecule has 0 saturated carbocycles. The van der Waals surface area contributed by atoms with Crippen molar-refractivity contribution in [2.45, 2.75) is 130 Å². The van der Waals surface area contributed by atoms with Crippen LogP contribution in [0.4, 0.5) is 4.79 Å². The van der Waals surface area contributed by atoms with Gasteiger partial charge < -0.3 is 4.74 Å². The molecule has 0 unspecified atom stereocenters. The highest BCUT2D eigenvalue weighted by Gasteiger charge is 2.31. The van der Waals surface area contributed by atoms with Crippen molar-refractivity contribution in [2.75, 3.05) is 20.2 Å². The number of fused-ring (bicyclic) bond motifs is 24. The van der Waals surface area contributed by atoms with Gasteiger partial charge in [-0.2, -0.15) is 0 Å². The number of hydrogen-bond acceptors (Lipinski definition) is 14. The van der Waals surface area contributed by atoms with Gasteiger partial charge in [-0.1, -0.05) is 128 Å². The summed E-state index contributed by atoms with van der Waals surface area (Å²) in [7, 11) is 1.33. The molecule has 0 aliphatic carbocycles. The lowest BCUT2D eigenvalue weighted by molar-refractivity contribution is 0.0600. The Balaban J connectivity index is 1.15. The van der Waals surface area contributed by atoms with Crippen molar-refractivity contribution in [1.82, 2.24) is 85.4 Å². The fraction of sp³-hybridized carbons (Fsp3) is 0.411. The van der Waals surface area contributed by atoms with Crippen molar-refractivity contribution in [3.8, 4) is 68.3 Å². The summed E-state index contributed by atoms with van der Waals surface area (Å²) in [5.74, 6) is -0.179. The highest BCUT2D eigenvalue weighted by Crippen LogP contribution is 2.33. The SMILES string of the molecule is CCCCCCCN1[N]C(c2cc3nc(c2)-c2cn(nn2)-c2cc(cc(C(C)(C)C)c2)-n2cc(nn2)-c2cc(C(=O)OC)cc(n2)-c2cn(nn2)-c2cc(cc(C(C)(C)C)c2)-n2cc-3nn2)=NN(CCCCCCC)C1=O. The van der Waals surface area contributed by atoms with Gasteiger partial charge in [0.15, 0.2) is 5.84 Å². The molecular formula is C56H65N18O3. The van der Waals surface area contributed by atoms with Crippen molar-refractivity contribution in [3.63, 3.8) is 0 Å². The minimum atomic E-state index is -0.551. The predicted molar refractivity (Wildman–Crippen MR) is 291 cm³/mol. The second-order valence-electron chi connectivity index (χ2n) is 21.8. The minimum absolute atomic E-state index is 0.228. The predicted octanol–water partition coefficient (Wildman–Crippen LogP) is 10.0. The number of esters is 1. The van der Waals surface area contributed by atoms with E-state index in [4.69, 9.17) is 35.4 Å². The van der Waals surface area contributed by atoms with Crippen molar-refractivity contribution >= 4 is 17.8 Å². The van der Waals surface area contributed by atoms with Gasteiger partial charge in [0.2, 0.25) is 0 Å². The number of rotatable bonds is 14. The highest BCUT2D eigenvalue weighted by molar-refractivity contribution is 6.02. The first-order chi connectivity index (χ1) is 37.0. The van der Waals surface area contributed by atoms with Crippen LogP contribution < -0.4 is 5.43 Å². The summed E-state index contributed by atoms with van der Waals surface area (Å²) in [5.41, 5.74) is 13.5. The van der Waals surface area contributed by atoms with Crippen molar-refractivity contribution < 1.29 is 14.3 Å². The van der Waals surface area contributed by atoms with Crippen LogP contribution in [0.3, 0.4) is 0 Å². The van der Waals surface area contributed by atoms with Crippen LogP contribution in [0.1, 0.15) is 147 Å². The number of carbonyl (C=O) groups is 2. The Bertz CT molecular complexity index is 3300. The molecule has 10 rings (SSSR count). The molecule has 2 amide bonds. The van der Waals surface area contributed by atoms with E-state index >= 15 is 0 Å². The average Bonchev–Trinajstić information content (AvgIpc) is 4.30. The monoisotopic (exact) mass is 1040 g/mol. The van der Waals surface area contributed by atoms with E-state index in [1.807, 2.05) is 36.7 Å². The number of ether oxygens (including phenoxy) is 1. The molecule has 2 aliphatic heterocycles. The van der Waals surface area contributed by atoms with Crippen LogP contribution in [0.25, 0.3) is 68.3 Å². The Morgan fingerprint density at radius 3 is 1.23 bits per heavy atom. The van der Waals surface area contributed by atoms with Crippen LogP contribution in [-0.2, 0) is 15.6 Å². The zero-order chi connectivity index (χ0) is 54.0. The lowest BCUT2D eigenvalue weighted by Crippen LogP contribution is -2.52. The number of benzene rings is 2. The first kappa shape index (κ1) is 52.0. The van der Waals surface area contributed by atoms with Gasteiger partial charge in [-0.15, -0.1) is 30.9 Å². The van der Waals surface area contributed by atoms with E-state index in [-0.39, 0.29) is 22.4 Å². The van der Waals surface area contributed by atoms with E-state index in [1.54, 1.807) is 53.3 Å². The summed E-state index contributed by atoms with van der Waals surface area (Å²) < 4.78 is 11.9. The summed E-state index contributed by atoms with van der Waals surface area (Å²) in [5, 5.41) is 45.1. The molecule has 8 aromatic rings. The van der Waals surface area contributed by atoms with Crippen LogP contribution >= 0.6 is 0 Å². The highest BCUT2D eigenvalue weighted by atomic mass is 16.5. The second kappa shape index (κ2) is 21.6. The van der Waals surface area contributed by atoms with Gasteiger partial charge in [-0.05, 0) is 95.5 Å². The smallest absolute Gasteiger partial charge is 0.360 e. The van der Waals surface area contributed by atoms with E-state index in [9.17, 15) is 9.59 Å². The van der Waals surface area contributed by atoms with E-state index in [0.717, 1.165) is 75.3 Å². The molecule has 21 heteroatoms. The maximum absolute atomic E-state index is 14.1. The quantitative estimate of drug-likeness (QED) is 0.0731. The van der Waals surface area contributed by atoms with Crippen molar-refractivity contribution in [1.29, 1.82) is 0 Å². The van der Waals surface area contributed by atoms with Gasteiger partial charge >= 0.3 is 12.0 Å². The molecule has 16 bridgehead atoms. The Labute approximate surface area is 447 Å². The second-order valence-corrected chi connectivity index (χ2v) is 21.8. The third-order valence-corrected chi connectivity index (χ3v) is 13.8. The van der Waals surface area contributed by atoms with Gasteiger partial charge in [0.1, 0.15) is 22.8 Å². The fourth-order valence-corrected chi connectivity index (χ4v) is 9.17. The number of hydrazone groups is 1. The number of unbranched alkanes of at least 4 members (excludes halogenated alkanes) is 8. The largest absolute Gasteiger partial charge is 0.465 e. The summed E-state index contributed by atoms with van der Waals surface area (Å²) in [6.45, 7) is 18.1. The average molecular weight is 1040 g/mol. The Kier molecular flexibility index (Phi) is 14.6. The van der Waals surface area contributed by atoms with E-state index < -0.39 is 5.97 Å². The number of methoxy groups -OCH3 is 1. The number of urea groups is 1. The first-order valence-electron chi connectivity index (χ1n) is 26.6. The standard InChI is InChI=1S/C56H65N18O3/c1-10-12-14-16-18-20-69-54(76)70(21-19-17-15-13-11-2)64-52(63-69)36-22-44-48-32-71(65-59-48)40-26-38(55(3,4)5)28-42(30-40)73-34-50(61-67-73)46-24-37(53(75)77-9)25-47(58-46)51-35-74(68-62-51)43-29-39(56(6,7)8)27-41(31-43)72-33-49(60-66-72)45(23-36)57-44/h22-35H,10-21H2,1-9H3. The summed E-state index contributed by atoms with van der Waals surface area (Å²) >= 11 is 0. The molecular weight excluding hydrogens is 973 g/mol. The van der Waals surface area contributed by atoms with Gasteiger partial charge in [-0.3, -0.25) is 0 Å². The molecule has 77 heavy (non-hydrogen) atoms. The molecule has 2 aromatic carbocycles. The number of pyridine rings is 2. The molecule has 6 aromatic heterocycles. The third-order valence-electron chi connectivity index (χ3n) is 13.8. The molecule has 0 atom stereocenters. The van der Waals surface area contributed by atoms with Gasteiger partial charge in [0.05, 0.1) is 83.0 Å². The molecule has 397 valence electrons. The number of amidine groups is 1. The van der Waals surface area contributed by atoms with Crippen LogP contribution in [0.2, 0.25) is 0 Å². The zero-order valence-electron chi connectivity index (χ0n) is 45.3. The molecule has 1 radical (unpaired) electrons. The Morgan fingerprint density at radius 2 is 0.857 bits per heavy atom. The maximum atomic E-state index is 14.1. The molecule has 0 spiro atoms. The lowest BCUT2D eigenvalue weighted by Gasteiger charge is -2.32. The van der Waals surface area contributed by atoms with E-state index in [0.29, 0.717) is 92.8 Å². The molecule has 2 aliphatic rings. The molecule has 21 nitrogen and oxygen atoms in total. The van der Waals surface area contributed by atoms with Crippen LogP contribution in [-0.4, -0.2) is 118 Å². The van der Waals surface area contributed by atoms with Crippen LogP contribution in [0.5, 0.6) is 0 Å². The number of aromatic nitrogens is 14. The normalized spacial score (nSPS) is 13.3. The number of carbonyl (C=O) groups excluding carboxylic acids is 2. The minimum Gasteiger partial charge on any atom is -0.465 e. The van der Waals surface area contributed by atoms with Gasteiger partial charge in [0, 0.05) is 18.7 Å². The maximum Gasteiger partial charge on any atom is 0.360 e. The fourth-order valence-electron chi connectivity index (χ4n) is 9.17. The lowest BCUT2D eigenvalue weighted by atomic mass is 9.86. The Hall–Kier alpha value is -8.49. The summed E-state index contributed by atoms with van der Waals surface area (Å²) in [6.07, 6.45) is 17.6. The van der Waals surface area contributed by atoms with E-state index in [1.165, 1.54) is 7.11 Å². The molecule has 0 N–H and O–H groups in total. The van der Waals surface area contributed by atoms with E-state index in [2.05, 4.69) is 111 Å². The molecule has 0 saturated heterocycles. The summed E-state index contributed by atoms with van der Waals surface area (Å²) in [6, 6.07) is 18.9. The Morgan fingerprint density at radius 1 is 0.481 bits per heavy atom. The molecule has 0 fully saturated rings. The van der Waals surface area contributed by atoms with Crippen molar-refractivity contribution in [3.05, 3.63) is 108 Å².